The molecular formula is C19H25N5O. The Hall–Kier alpha value is -2.63. The van der Waals surface area contributed by atoms with Crippen LogP contribution in [-0.4, -0.2) is 42.1 Å². The lowest BCUT2D eigenvalue weighted by Crippen LogP contribution is -2.29. The first-order chi connectivity index (χ1) is 12.1. The van der Waals surface area contributed by atoms with Crippen molar-refractivity contribution in [2.75, 3.05) is 36.4 Å². The van der Waals surface area contributed by atoms with Crippen LogP contribution in [-0.2, 0) is 0 Å². The second-order valence-electron chi connectivity index (χ2n) is 6.40. The van der Waals surface area contributed by atoms with Crippen molar-refractivity contribution >= 4 is 17.5 Å². The van der Waals surface area contributed by atoms with E-state index in [1.165, 1.54) is 12.8 Å². The summed E-state index contributed by atoms with van der Waals surface area (Å²) in [5, 5.41) is 6.20. The molecule has 1 aliphatic rings. The summed E-state index contributed by atoms with van der Waals surface area (Å²) in [6, 6.07) is 9.57. The van der Waals surface area contributed by atoms with Gasteiger partial charge in [-0.15, -0.1) is 0 Å². The molecule has 0 radical (unpaired) electrons. The maximum absolute atomic E-state index is 12.1. The van der Waals surface area contributed by atoms with Crippen molar-refractivity contribution in [3.05, 3.63) is 47.3 Å². The number of amides is 1. The Kier molecular flexibility index (Phi) is 5.48. The van der Waals surface area contributed by atoms with Crippen LogP contribution >= 0.6 is 0 Å². The minimum Gasteiger partial charge on any atom is -0.368 e. The fraction of sp³-hybridized carbons (Fsp3) is 0.421. The topological polar surface area (TPSA) is 70.2 Å². The molecule has 0 spiro atoms. The lowest BCUT2D eigenvalue weighted by Gasteiger charge is -2.17. The molecule has 6 heteroatoms. The SMILES string of the molecule is Cc1cccc(C(=O)NCCNc2cc(N3CCCC3)nc(C)n2)c1. The highest BCUT2D eigenvalue weighted by atomic mass is 16.1. The van der Waals surface area contributed by atoms with Gasteiger partial charge in [0.05, 0.1) is 0 Å². The molecule has 132 valence electrons. The van der Waals surface area contributed by atoms with Crippen molar-refractivity contribution in [1.29, 1.82) is 0 Å². The van der Waals surface area contributed by atoms with Gasteiger partial charge in [-0.1, -0.05) is 17.7 Å². The van der Waals surface area contributed by atoms with Gasteiger partial charge in [0.15, 0.2) is 0 Å². The summed E-state index contributed by atoms with van der Waals surface area (Å²) in [5.41, 5.74) is 1.77. The number of anilines is 2. The first-order valence-electron chi connectivity index (χ1n) is 8.81. The molecule has 2 N–H and O–H groups in total. The van der Waals surface area contributed by atoms with Gasteiger partial charge in [-0.2, -0.15) is 0 Å². The van der Waals surface area contributed by atoms with Crippen LogP contribution in [0.15, 0.2) is 30.3 Å². The van der Waals surface area contributed by atoms with Gasteiger partial charge in [-0.3, -0.25) is 4.79 Å². The Labute approximate surface area is 148 Å². The number of carbonyl (C=O) groups is 1. The fourth-order valence-corrected chi connectivity index (χ4v) is 3.01. The fourth-order valence-electron chi connectivity index (χ4n) is 3.01. The number of benzene rings is 1. The van der Waals surface area contributed by atoms with Crippen LogP contribution in [0.5, 0.6) is 0 Å². The standard InChI is InChI=1S/C19H25N5O/c1-14-6-5-7-16(12-14)19(25)21-9-8-20-17-13-18(23-15(2)22-17)24-10-3-4-11-24/h5-7,12-13H,3-4,8-11H2,1-2H3,(H,21,25)(H,20,22,23). The zero-order chi connectivity index (χ0) is 17.6. The Bertz CT molecular complexity index is 740. The van der Waals surface area contributed by atoms with Gasteiger partial charge in [0, 0.05) is 37.8 Å². The highest BCUT2D eigenvalue weighted by Gasteiger charge is 2.15. The number of hydrogen-bond acceptors (Lipinski definition) is 5. The molecule has 1 saturated heterocycles. The third-order valence-electron chi connectivity index (χ3n) is 4.25. The zero-order valence-corrected chi connectivity index (χ0v) is 14.9. The van der Waals surface area contributed by atoms with Crippen molar-refractivity contribution in [3.63, 3.8) is 0 Å². The van der Waals surface area contributed by atoms with Gasteiger partial charge in [-0.25, -0.2) is 9.97 Å². The molecule has 3 rings (SSSR count). The largest absolute Gasteiger partial charge is 0.368 e. The normalized spacial score (nSPS) is 13.8. The Morgan fingerprint density at radius 1 is 1.12 bits per heavy atom. The van der Waals surface area contributed by atoms with E-state index in [0.717, 1.165) is 36.1 Å². The number of rotatable bonds is 6. The van der Waals surface area contributed by atoms with Crippen molar-refractivity contribution in [2.45, 2.75) is 26.7 Å². The maximum atomic E-state index is 12.1. The summed E-state index contributed by atoms with van der Waals surface area (Å²) in [7, 11) is 0. The number of nitrogens with zero attached hydrogens (tertiary/aromatic N) is 3. The summed E-state index contributed by atoms with van der Waals surface area (Å²) in [6.07, 6.45) is 2.44. The lowest BCUT2D eigenvalue weighted by molar-refractivity contribution is 0.0955. The van der Waals surface area contributed by atoms with Gasteiger partial charge in [0.25, 0.3) is 5.91 Å². The summed E-state index contributed by atoms with van der Waals surface area (Å²) in [6.45, 7) is 7.16. The van der Waals surface area contributed by atoms with Crippen molar-refractivity contribution in [2.24, 2.45) is 0 Å². The Morgan fingerprint density at radius 2 is 1.92 bits per heavy atom. The minimum atomic E-state index is -0.0536. The van der Waals surface area contributed by atoms with E-state index in [9.17, 15) is 4.79 Å². The van der Waals surface area contributed by atoms with Crippen molar-refractivity contribution < 1.29 is 4.79 Å². The zero-order valence-electron chi connectivity index (χ0n) is 14.9. The van der Waals surface area contributed by atoms with Crippen LogP contribution in [0.2, 0.25) is 0 Å². The molecule has 1 amide bonds. The molecule has 1 aromatic heterocycles. The highest BCUT2D eigenvalue weighted by Crippen LogP contribution is 2.20. The molecule has 6 nitrogen and oxygen atoms in total. The number of carbonyl (C=O) groups excluding carboxylic acids is 1. The van der Waals surface area contributed by atoms with E-state index in [0.29, 0.717) is 18.7 Å². The van der Waals surface area contributed by atoms with E-state index in [-0.39, 0.29) is 5.91 Å². The first kappa shape index (κ1) is 17.2. The molecule has 0 unspecified atom stereocenters. The van der Waals surface area contributed by atoms with E-state index >= 15 is 0 Å². The second kappa shape index (κ2) is 7.96. The summed E-state index contributed by atoms with van der Waals surface area (Å²) in [5.74, 6) is 2.49. The van der Waals surface area contributed by atoms with E-state index in [1.807, 2.05) is 44.2 Å². The molecule has 2 aromatic rings. The first-order valence-corrected chi connectivity index (χ1v) is 8.81. The monoisotopic (exact) mass is 339 g/mol. The van der Waals surface area contributed by atoms with E-state index < -0.39 is 0 Å². The van der Waals surface area contributed by atoms with Crippen LogP contribution < -0.4 is 15.5 Å². The van der Waals surface area contributed by atoms with Gasteiger partial charge in [-0.05, 0) is 38.8 Å². The third kappa shape index (κ3) is 4.68. The smallest absolute Gasteiger partial charge is 0.251 e. The molecular weight excluding hydrogens is 314 g/mol. The number of aromatic nitrogens is 2. The lowest BCUT2D eigenvalue weighted by atomic mass is 10.1. The number of aryl methyl sites for hydroxylation is 2. The Morgan fingerprint density at radius 3 is 2.68 bits per heavy atom. The predicted octanol–water partition coefficient (Wildman–Crippen LogP) is 2.54. The van der Waals surface area contributed by atoms with E-state index in [4.69, 9.17) is 0 Å². The van der Waals surface area contributed by atoms with E-state index in [2.05, 4.69) is 25.5 Å². The van der Waals surface area contributed by atoms with Crippen LogP contribution in [0.1, 0.15) is 34.6 Å². The van der Waals surface area contributed by atoms with Gasteiger partial charge >= 0.3 is 0 Å². The minimum absolute atomic E-state index is 0.0536. The van der Waals surface area contributed by atoms with Gasteiger partial charge in [0.2, 0.25) is 0 Å². The number of nitrogens with one attached hydrogen (secondary N) is 2. The summed E-state index contributed by atoms with van der Waals surface area (Å²) >= 11 is 0. The Balaban J connectivity index is 1.51. The third-order valence-corrected chi connectivity index (χ3v) is 4.25. The molecule has 1 fully saturated rings. The molecule has 0 saturated carbocycles. The van der Waals surface area contributed by atoms with Crippen LogP contribution in [0, 0.1) is 13.8 Å². The summed E-state index contributed by atoms with van der Waals surface area (Å²) < 4.78 is 0. The highest BCUT2D eigenvalue weighted by molar-refractivity contribution is 5.94. The predicted molar refractivity (Wildman–Crippen MR) is 100 cm³/mol. The molecule has 1 aromatic carbocycles. The molecule has 1 aliphatic heterocycles. The maximum Gasteiger partial charge on any atom is 0.251 e. The molecule has 0 aliphatic carbocycles. The number of hydrogen-bond donors (Lipinski definition) is 2. The summed E-state index contributed by atoms with van der Waals surface area (Å²) in [4.78, 5) is 23.4. The quantitative estimate of drug-likeness (QED) is 0.792. The molecule has 0 bridgehead atoms. The van der Waals surface area contributed by atoms with Crippen LogP contribution in [0.3, 0.4) is 0 Å². The average Bonchev–Trinajstić information content (AvgIpc) is 3.13. The van der Waals surface area contributed by atoms with Crippen LogP contribution in [0.25, 0.3) is 0 Å². The average molecular weight is 339 g/mol. The van der Waals surface area contributed by atoms with Crippen LogP contribution in [0.4, 0.5) is 11.6 Å². The molecule has 2 heterocycles. The van der Waals surface area contributed by atoms with Crippen molar-refractivity contribution in [1.82, 2.24) is 15.3 Å². The van der Waals surface area contributed by atoms with E-state index in [1.54, 1.807) is 0 Å². The van der Waals surface area contributed by atoms with Gasteiger partial charge in [0.1, 0.15) is 17.5 Å². The molecule has 0 atom stereocenters. The second-order valence-corrected chi connectivity index (χ2v) is 6.40. The van der Waals surface area contributed by atoms with Crippen molar-refractivity contribution in [3.8, 4) is 0 Å². The van der Waals surface area contributed by atoms with Gasteiger partial charge < -0.3 is 15.5 Å². The molecule has 25 heavy (non-hydrogen) atoms.